The van der Waals surface area contributed by atoms with Gasteiger partial charge in [0.25, 0.3) is 0 Å². The van der Waals surface area contributed by atoms with Gasteiger partial charge in [0.1, 0.15) is 0 Å². The van der Waals surface area contributed by atoms with Crippen molar-refractivity contribution in [2.75, 3.05) is 11.4 Å². The maximum Gasteiger partial charge on any atom is 0.227 e. The van der Waals surface area contributed by atoms with Crippen LogP contribution in [0, 0.1) is 12.8 Å². The topological polar surface area (TPSA) is 49.4 Å². The molecule has 3 rings (SSSR count). The van der Waals surface area contributed by atoms with Gasteiger partial charge in [-0.05, 0) is 30.2 Å². The number of carbonyl (C=O) groups is 2. The van der Waals surface area contributed by atoms with E-state index in [0.29, 0.717) is 18.1 Å². The Morgan fingerprint density at radius 3 is 2.71 bits per heavy atom. The highest BCUT2D eigenvalue weighted by Gasteiger charge is 2.35. The normalized spacial score (nSPS) is 17.2. The van der Waals surface area contributed by atoms with Crippen molar-refractivity contribution in [2.45, 2.75) is 19.9 Å². The molecule has 0 aromatic heterocycles. The van der Waals surface area contributed by atoms with E-state index in [4.69, 9.17) is 11.6 Å². The first-order valence-electron chi connectivity index (χ1n) is 7.93. The second-order valence-corrected chi connectivity index (χ2v) is 6.40. The molecule has 1 heterocycles. The zero-order valence-electron chi connectivity index (χ0n) is 13.5. The van der Waals surface area contributed by atoms with Gasteiger partial charge in [-0.15, -0.1) is 0 Å². The molecule has 0 radical (unpaired) electrons. The Kier molecular flexibility index (Phi) is 4.86. The van der Waals surface area contributed by atoms with E-state index in [9.17, 15) is 9.59 Å². The molecule has 1 atom stereocenters. The highest BCUT2D eigenvalue weighted by atomic mass is 35.5. The summed E-state index contributed by atoms with van der Waals surface area (Å²) in [7, 11) is 0. The largest absolute Gasteiger partial charge is 0.352 e. The van der Waals surface area contributed by atoms with Crippen LogP contribution in [0.2, 0.25) is 5.02 Å². The minimum absolute atomic E-state index is 0.0415. The smallest absolute Gasteiger partial charge is 0.227 e. The zero-order valence-corrected chi connectivity index (χ0v) is 14.2. The lowest BCUT2D eigenvalue weighted by atomic mass is 10.1. The fourth-order valence-corrected chi connectivity index (χ4v) is 3.10. The van der Waals surface area contributed by atoms with Gasteiger partial charge in [-0.1, -0.05) is 48.0 Å². The van der Waals surface area contributed by atoms with Crippen molar-refractivity contribution in [3.05, 3.63) is 64.7 Å². The first kappa shape index (κ1) is 16.5. The molecule has 2 aromatic rings. The average Bonchev–Trinajstić information content (AvgIpc) is 2.98. The fourth-order valence-electron chi connectivity index (χ4n) is 2.93. The van der Waals surface area contributed by atoms with Crippen molar-refractivity contribution in [3.8, 4) is 0 Å². The quantitative estimate of drug-likeness (QED) is 0.926. The Labute approximate surface area is 146 Å². The van der Waals surface area contributed by atoms with Gasteiger partial charge in [0, 0.05) is 30.2 Å². The van der Waals surface area contributed by atoms with E-state index >= 15 is 0 Å². The predicted molar refractivity (Wildman–Crippen MR) is 94.9 cm³/mol. The number of hydrogen-bond acceptors (Lipinski definition) is 2. The number of benzene rings is 2. The molecular weight excluding hydrogens is 324 g/mol. The van der Waals surface area contributed by atoms with E-state index < -0.39 is 0 Å². The van der Waals surface area contributed by atoms with Crippen LogP contribution in [0.15, 0.2) is 48.5 Å². The molecule has 1 saturated heterocycles. The van der Waals surface area contributed by atoms with Gasteiger partial charge in [0.15, 0.2) is 0 Å². The third-order valence-electron chi connectivity index (χ3n) is 4.34. The Hall–Kier alpha value is -2.33. The van der Waals surface area contributed by atoms with E-state index in [2.05, 4.69) is 5.32 Å². The van der Waals surface area contributed by atoms with Gasteiger partial charge in [-0.2, -0.15) is 0 Å². The van der Waals surface area contributed by atoms with Crippen molar-refractivity contribution in [2.24, 2.45) is 5.92 Å². The average molecular weight is 343 g/mol. The lowest BCUT2D eigenvalue weighted by Gasteiger charge is -2.19. The number of anilines is 1. The molecule has 124 valence electrons. The van der Waals surface area contributed by atoms with Crippen LogP contribution in [0.5, 0.6) is 0 Å². The lowest BCUT2D eigenvalue weighted by molar-refractivity contribution is -0.126. The highest BCUT2D eigenvalue weighted by Crippen LogP contribution is 2.31. The van der Waals surface area contributed by atoms with Gasteiger partial charge in [0.05, 0.1) is 5.92 Å². The number of nitrogens with one attached hydrogen (secondary N) is 1. The number of nitrogens with zero attached hydrogens (tertiary/aromatic N) is 1. The molecule has 1 N–H and O–H groups in total. The molecule has 0 bridgehead atoms. The van der Waals surface area contributed by atoms with Crippen LogP contribution in [0.3, 0.4) is 0 Å². The molecule has 2 aromatic carbocycles. The molecule has 0 saturated carbocycles. The molecule has 0 unspecified atom stereocenters. The van der Waals surface area contributed by atoms with Gasteiger partial charge in [-0.25, -0.2) is 0 Å². The summed E-state index contributed by atoms with van der Waals surface area (Å²) in [5.74, 6) is -0.464. The summed E-state index contributed by atoms with van der Waals surface area (Å²) in [5, 5.41) is 3.54. The minimum atomic E-state index is -0.334. The Morgan fingerprint density at radius 1 is 1.21 bits per heavy atom. The summed E-state index contributed by atoms with van der Waals surface area (Å²) in [5.41, 5.74) is 2.68. The first-order valence-corrected chi connectivity index (χ1v) is 8.31. The lowest BCUT2D eigenvalue weighted by Crippen LogP contribution is -2.32. The number of rotatable bonds is 4. The summed E-state index contributed by atoms with van der Waals surface area (Å²) in [6.07, 6.45) is 0.229. The van der Waals surface area contributed by atoms with Crippen molar-refractivity contribution < 1.29 is 9.59 Å². The van der Waals surface area contributed by atoms with Crippen molar-refractivity contribution in [3.63, 3.8) is 0 Å². The molecule has 0 aliphatic carbocycles. The van der Waals surface area contributed by atoms with Crippen LogP contribution < -0.4 is 10.2 Å². The molecule has 1 aliphatic rings. The predicted octanol–water partition coefficient (Wildman–Crippen LogP) is 3.32. The maximum absolute atomic E-state index is 12.4. The number of amides is 2. The fraction of sp³-hybridized carbons (Fsp3) is 0.263. The summed E-state index contributed by atoms with van der Waals surface area (Å²) in [6.45, 7) is 2.74. The van der Waals surface area contributed by atoms with E-state index in [-0.39, 0.29) is 24.2 Å². The summed E-state index contributed by atoms with van der Waals surface area (Å²) < 4.78 is 0. The van der Waals surface area contributed by atoms with Crippen LogP contribution in [-0.2, 0) is 16.1 Å². The maximum atomic E-state index is 12.4. The van der Waals surface area contributed by atoms with Crippen LogP contribution in [0.1, 0.15) is 17.5 Å². The van der Waals surface area contributed by atoms with Gasteiger partial charge in [-0.3, -0.25) is 9.59 Å². The molecule has 5 heteroatoms. The minimum Gasteiger partial charge on any atom is -0.352 e. The summed E-state index contributed by atoms with van der Waals surface area (Å²) in [4.78, 5) is 26.4. The number of halogens is 1. The first-order chi connectivity index (χ1) is 11.6. The second kappa shape index (κ2) is 7.05. The van der Waals surface area contributed by atoms with E-state index in [1.165, 1.54) is 0 Å². The SMILES string of the molecule is Cc1c(Cl)cccc1N1C[C@H](C(=O)NCc2ccccc2)CC1=O. The summed E-state index contributed by atoms with van der Waals surface area (Å²) >= 11 is 6.14. The van der Waals surface area contributed by atoms with Gasteiger partial charge < -0.3 is 10.2 Å². The molecule has 1 fully saturated rings. The molecule has 2 amide bonds. The standard InChI is InChI=1S/C19H19ClN2O2/c1-13-16(20)8-5-9-17(13)22-12-15(10-18(22)23)19(24)21-11-14-6-3-2-4-7-14/h2-9,15H,10-12H2,1H3,(H,21,24)/t15-/m1/s1. The number of carbonyl (C=O) groups excluding carboxylic acids is 2. The van der Waals surface area contributed by atoms with Gasteiger partial charge >= 0.3 is 0 Å². The van der Waals surface area contributed by atoms with E-state index in [1.54, 1.807) is 11.0 Å². The second-order valence-electron chi connectivity index (χ2n) is 5.99. The Bertz CT molecular complexity index is 761. The zero-order chi connectivity index (χ0) is 17.1. The molecule has 0 spiro atoms. The van der Waals surface area contributed by atoms with E-state index in [1.807, 2.05) is 49.4 Å². The van der Waals surface area contributed by atoms with E-state index in [0.717, 1.165) is 16.8 Å². The Balaban J connectivity index is 1.66. The molecule has 1 aliphatic heterocycles. The van der Waals surface area contributed by atoms with Crippen LogP contribution in [0.25, 0.3) is 0 Å². The highest BCUT2D eigenvalue weighted by molar-refractivity contribution is 6.31. The van der Waals surface area contributed by atoms with Gasteiger partial charge in [0.2, 0.25) is 11.8 Å². The number of hydrogen-bond donors (Lipinski definition) is 1. The monoisotopic (exact) mass is 342 g/mol. The van der Waals surface area contributed by atoms with Crippen molar-refractivity contribution in [1.82, 2.24) is 5.32 Å². The van der Waals surface area contributed by atoms with Crippen molar-refractivity contribution in [1.29, 1.82) is 0 Å². The molecular formula is C19H19ClN2O2. The van der Waals surface area contributed by atoms with Crippen LogP contribution in [0.4, 0.5) is 5.69 Å². The third kappa shape index (κ3) is 3.44. The molecule has 4 nitrogen and oxygen atoms in total. The molecule has 24 heavy (non-hydrogen) atoms. The third-order valence-corrected chi connectivity index (χ3v) is 4.74. The van der Waals surface area contributed by atoms with Crippen molar-refractivity contribution >= 4 is 29.1 Å². The Morgan fingerprint density at radius 2 is 1.96 bits per heavy atom. The van der Waals surface area contributed by atoms with Crippen LogP contribution in [-0.4, -0.2) is 18.4 Å². The summed E-state index contributed by atoms with van der Waals surface area (Å²) in [6, 6.07) is 15.2. The van der Waals surface area contributed by atoms with Crippen LogP contribution >= 0.6 is 11.6 Å².